The molecule has 114 valence electrons. The molecule has 0 unspecified atom stereocenters. The minimum absolute atomic E-state index is 0.189. The maximum atomic E-state index is 12.6. The van der Waals surface area contributed by atoms with Crippen LogP contribution in [0.3, 0.4) is 0 Å². The van der Waals surface area contributed by atoms with Gasteiger partial charge in [0, 0.05) is 24.8 Å². The summed E-state index contributed by atoms with van der Waals surface area (Å²) in [5.74, 6) is 0.623. The van der Waals surface area contributed by atoms with Gasteiger partial charge in [0.2, 0.25) is 10.0 Å². The summed E-state index contributed by atoms with van der Waals surface area (Å²) >= 11 is 0. The van der Waals surface area contributed by atoms with Crippen molar-refractivity contribution >= 4 is 15.7 Å². The molecule has 0 fully saturated rings. The Morgan fingerprint density at radius 3 is 2.43 bits per heavy atom. The molecule has 1 aromatic heterocycles. The first kappa shape index (κ1) is 15.5. The van der Waals surface area contributed by atoms with Gasteiger partial charge in [0.05, 0.1) is 10.6 Å². The second kappa shape index (κ2) is 5.50. The number of nitrogens with two attached hydrogens (primary N) is 1. The van der Waals surface area contributed by atoms with Crippen LogP contribution in [-0.2, 0) is 16.6 Å². The second-order valence-electron chi connectivity index (χ2n) is 5.14. The summed E-state index contributed by atoms with van der Waals surface area (Å²) in [7, 11) is -2.08. The molecule has 2 rings (SSSR count). The molecule has 0 aliphatic carbocycles. The number of hydrogen-bond acceptors (Lipinski definition) is 5. The quantitative estimate of drug-likeness (QED) is 0.873. The minimum Gasteiger partial charge on any atom is -0.399 e. The number of rotatable bonds is 4. The average Bonchev–Trinajstić information content (AvgIpc) is 2.69. The third kappa shape index (κ3) is 3.08. The van der Waals surface area contributed by atoms with Crippen LogP contribution in [0.1, 0.15) is 22.6 Å². The van der Waals surface area contributed by atoms with Crippen molar-refractivity contribution in [1.29, 1.82) is 0 Å². The molecule has 0 atom stereocenters. The summed E-state index contributed by atoms with van der Waals surface area (Å²) in [6, 6.07) is 4.80. The Kier molecular flexibility index (Phi) is 4.06. The third-order valence-electron chi connectivity index (χ3n) is 3.34. The Bertz CT molecular complexity index is 726. The summed E-state index contributed by atoms with van der Waals surface area (Å²) in [5, 5.41) is 3.84. The van der Waals surface area contributed by atoms with Crippen LogP contribution in [0.4, 0.5) is 5.69 Å². The molecule has 1 heterocycles. The number of anilines is 1. The predicted molar refractivity (Wildman–Crippen MR) is 80.2 cm³/mol. The predicted octanol–water partition coefficient (Wildman–Crippen LogP) is 2.00. The molecule has 21 heavy (non-hydrogen) atoms. The fraction of sp³-hybridized carbons (Fsp3) is 0.357. The van der Waals surface area contributed by atoms with E-state index < -0.39 is 10.0 Å². The number of benzene rings is 1. The first-order valence-corrected chi connectivity index (χ1v) is 7.91. The lowest BCUT2D eigenvalue weighted by molar-refractivity contribution is 0.390. The lowest BCUT2D eigenvalue weighted by Crippen LogP contribution is -2.27. The van der Waals surface area contributed by atoms with Crippen LogP contribution in [0.25, 0.3) is 0 Å². The molecule has 2 aromatic rings. The highest BCUT2D eigenvalue weighted by atomic mass is 32.2. The Labute approximate surface area is 124 Å². The van der Waals surface area contributed by atoms with E-state index in [0.29, 0.717) is 17.1 Å². The lowest BCUT2D eigenvalue weighted by Gasteiger charge is -2.17. The SMILES string of the molecule is Cc1cc(N)cc(S(=O)(=O)N(C)Cc2c(C)noc2C)c1. The van der Waals surface area contributed by atoms with Gasteiger partial charge in [-0.05, 0) is 44.5 Å². The summed E-state index contributed by atoms with van der Waals surface area (Å²) in [6.07, 6.45) is 0. The van der Waals surface area contributed by atoms with Crippen molar-refractivity contribution in [3.05, 3.63) is 40.8 Å². The van der Waals surface area contributed by atoms with Crippen molar-refractivity contribution in [3.8, 4) is 0 Å². The van der Waals surface area contributed by atoms with Crippen LogP contribution < -0.4 is 5.73 Å². The number of aromatic nitrogens is 1. The molecule has 0 amide bonds. The third-order valence-corrected chi connectivity index (χ3v) is 5.12. The summed E-state index contributed by atoms with van der Waals surface area (Å²) in [6.45, 7) is 5.57. The Morgan fingerprint density at radius 1 is 1.24 bits per heavy atom. The fourth-order valence-corrected chi connectivity index (χ4v) is 3.42. The molecule has 0 saturated carbocycles. The maximum Gasteiger partial charge on any atom is 0.243 e. The van der Waals surface area contributed by atoms with Gasteiger partial charge in [0.1, 0.15) is 5.76 Å². The van der Waals surface area contributed by atoms with Gasteiger partial charge in [0.25, 0.3) is 0 Å². The van der Waals surface area contributed by atoms with Crippen LogP contribution >= 0.6 is 0 Å². The van der Waals surface area contributed by atoms with Crippen LogP contribution in [0.15, 0.2) is 27.6 Å². The maximum absolute atomic E-state index is 12.6. The van der Waals surface area contributed by atoms with E-state index >= 15 is 0 Å². The summed E-state index contributed by atoms with van der Waals surface area (Å²) in [5.41, 5.74) is 8.44. The lowest BCUT2D eigenvalue weighted by atomic mass is 10.2. The summed E-state index contributed by atoms with van der Waals surface area (Å²) < 4.78 is 31.5. The van der Waals surface area contributed by atoms with E-state index in [1.165, 1.54) is 17.4 Å². The second-order valence-corrected chi connectivity index (χ2v) is 7.19. The Balaban J connectivity index is 2.35. The number of nitrogen functional groups attached to an aromatic ring is 1. The van der Waals surface area contributed by atoms with Gasteiger partial charge < -0.3 is 10.3 Å². The van der Waals surface area contributed by atoms with Gasteiger partial charge in [-0.15, -0.1) is 0 Å². The highest BCUT2D eigenvalue weighted by molar-refractivity contribution is 7.89. The largest absolute Gasteiger partial charge is 0.399 e. The molecule has 0 aliphatic rings. The number of aryl methyl sites for hydroxylation is 3. The van der Waals surface area contributed by atoms with E-state index in [4.69, 9.17) is 10.3 Å². The molecule has 6 nitrogen and oxygen atoms in total. The average molecular weight is 309 g/mol. The zero-order valence-electron chi connectivity index (χ0n) is 12.5. The molecule has 1 aromatic carbocycles. The first-order chi connectivity index (χ1) is 9.71. The van der Waals surface area contributed by atoms with E-state index in [1.54, 1.807) is 26.0 Å². The van der Waals surface area contributed by atoms with E-state index in [9.17, 15) is 8.42 Å². The molecule has 7 heteroatoms. The molecular weight excluding hydrogens is 290 g/mol. The van der Waals surface area contributed by atoms with Crippen molar-refractivity contribution in [2.75, 3.05) is 12.8 Å². The van der Waals surface area contributed by atoms with Crippen LogP contribution in [0, 0.1) is 20.8 Å². The molecule has 0 bridgehead atoms. The van der Waals surface area contributed by atoms with E-state index in [1.807, 2.05) is 6.92 Å². The number of sulfonamides is 1. The van der Waals surface area contributed by atoms with Crippen LogP contribution in [0.2, 0.25) is 0 Å². The molecule has 0 radical (unpaired) electrons. The van der Waals surface area contributed by atoms with Gasteiger partial charge in [0.15, 0.2) is 0 Å². The smallest absolute Gasteiger partial charge is 0.243 e. The standard InChI is InChI=1S/C14H19N3O3S/c1-9-5-12(15)7-13(6-9)21(18,19)17(4)8-14-10(2)16-20-11(14)3/h5-7H,8,15H2,1-4H3. The van der Waals surface area contributed by atoms with Crippen molar-refractivity contribution < 1.29 is 12.9 Å². The van der Waals surface area contributed by atoms with Gasteiger partial charge in [-0.25, -0.2) is 8.42 Å². The highest BCUT2D eigenvalue weighted by Crippen LogP contribution is 2.22. The van der Waals surface area contributed by atoms with Gasteiger partial charge >= 0.3 is 0 Å². The molecule has 0 saturated heterocycles. The zero-order valence-corrected chi connectivity index (χ0v) is 13.4. The van der Waals surface area contributed by atoms with Crippen LogP contribution in [-0.4, -0.2) is 24.9 Å². The number of hydrogen-bond donors (Lipinski definition) is 1. The Hall–Kier alpha value is -1.86. The summed E-state index contributed by atoms with van der Waals surface area (Å²) in [4.78, 5) is 0.189. The van der Waals surface area contributed by atoms with E-state index in [2.05, 4.69) is 5.16 Å². The minimum atomic E-state index is -3.61. The zero-order chi connectivity index (χ0) is 15.8. The molecular formula is C14H19N3O3S. The topological polar surface area (TPSA) is 89.4 Å². The van der Waals surface area contributed by atoms with E-state index in [0.717, 1.165) is 11.1 Å². The first-order valence-electron chi connectivity index (χ1n) is 6.47. The van der Waals surface area contributed by atoms with Crippen molar-refractivity contribution in [1.82, 2.24) is 9.46 Å². The van der Waals surface area contributed by atoms with E-state index in [-0.39, 0.29) is 11.4 Å². The molecule has 0 spiro atoms. The Morgan fingerprint density at radius 2 is 1.90 bits per heavy atom. The van der Waals surface area contributed by atoms with Gasteiger partial charge in [-0.1, -0.05) is 5.16 Å². The van der Waals surface area contributed by atoms with Crippen molar-refractivity contribution in [2.24, 2.45) is 0 Å². The van der Waals surface area contributed by atoms with Gasteiger partial charge in [-0.3, -0.25) is 0 Å². The van der Waals surface area contributed by atoms with Crippen LogP contribution in [0.5, 0.6) is 0 Å². The fourth-order valence-electron chi connectivity index (χ4n) is 2.14. The molecule has 2 N–H and O–H groups in total. The van der Waals surface area contributed by atoms with Crippen molar-refractivity contribution in [2.45, 2.75) is 32.2 Å². The highest BCUT2D eigenvalue weighted by Gasteiger charge is 2.24. The molecule has 0 aliphatic heterocycles. The van der Waals surface area contributed by atoms with Crippen molar-refractivity contribution in [3.63, 3.8) is 0 Å². The number of nitrogens with zero attached hydrogens (tertiary/aromatic N) is 2. The monoisotopic (exact) mass is 309 g/mol. The van der Waals surface area contributed by atoms with Gasteiger partial charge in [-0.2, -0.15) is 4.31 Å². The normalized spacial score (nSPS) is 12.0.